The van der Waals surface area contributed by atoms with Crippen LogP contribution >= 0.6 is 0 Å². The summed E-state index contributed by atoms with van der Waals surface area (Å²) in [5.74, 6) is 1.92. The SMILES string of the molecule is C[C@]12CNC[C@H]1CN(c1ccccn1)C2. The van der Waals surface area contributed by atoms with E-state index in [-0.39, 0.29) is 0 Å². The summed E-state index contributed by atoms with van der Waals surface area (Å²) >= 11 is 0. The highest BCUT2D eigenvalue weighted by Crippen LogP contribution is 2.39. The number of nitrogens with zero attached hydrogens (tertiary/aromatic N) is 2. The van der Waals surface area contributed by atoms with Crippen LogP contribution in [0, 0.1) is 11.3 Å². The van der Waals surface area contributed by atoms with Gasteiger partial charge in [0.25, 0.3) is 0 Å². The minimum absolute atomic E-state index is 0.456. The van der Waals surface area contributed by atoms with E-state index in [1.807, 2.05) is 12.3 Å². The second kappa shape index (κ2) is 3.20. The van der Waals surface area contributed by atoms with Crippen LogP contribution in [-0.2, 0) is 0 Å². The molecule has 0 amide bonds. The molecule has 80 valence electrons. The second-order valence-corrected chi connectivity index (χ2v) is 5.05. The number of rotatable bonds is 1. The second-order valence-electron chi connectivity index (χ2n) is 5.05. The summed E-state index contributed by atoms with van der Waals surface area (Å²) in [5.41, 5.74) is 0.456. The lowest BCUT2D eigenvalue weighted by atomic mass is 9.83. The van der Waals surface area contributed by atoms with Gasteiger partial charge in [0, 0.05) is 37.8 Å². The normalized spacial score (nSPS) is 34.5. The fraction of sp³-hybridized carbons (Fsp3) is 0.583. The lowest BCUT2D eigenvalue weighted by Crippen LogP contribution is -2.30. The van der Waals surface area contributed by atoms with Crippen molar-refractivity contribution in [3.8, 4) is 0 Å². The minimum Gasteiger partial charge on any atom is -0.356 e. The van der Waals surface area contributed by atoms with Gasteiger partial charge < -0.3 is 10.2 Å². The Hall–Kier alpha value is -1.09. The standard InChI is InChI=1S/C12H17N3/c1-12-8-13-6-10(12)7-15(9-12)11-4-2-3-5-14-11/h2-5,10,13H,6-9H2,1H3/t10-,12+/m0/s1. The lowest BCUT2D eigenvalue weighted by Gasteiger charge is -2.22. The van der Waals surface area contributed by atoms with Crippen molar-refractivity contribution in [3.05, 3.63) is 24.4 Å². The van der Waals surface area contributed by atoms with Crippen LogP contribution in [0.25, 0.3) is 0 Å². The number of pyridine rings is 1. The van der Waals surface area contributed by atoms with Gasteiger partial charge in [0.1, 0.15) is 5.82 Å². The minimum atomic E-state index is 0.456. The maximum absolute atomic E-state index is 4.42. The Morgan fingerprint density at radius 2 is 2.47 bits per heavy atom. The van der Waals surface area contributed by atoms with E-state index < -0.39 is 0 Å². The van der Waals surface area contributed by atoms with Crippen molar-refractivity contribution in [2.24, 2.45) is 11.3 Å². The summed E-state index contributed by atoms with van der Waals surface area (Å²) in [5, 5.41) is 3.49. The Bertz CT molecular complexity index is 351. The Labute approximate surface area is 90.5 Å². The molecule has 0 spiro atoms. The average Bonchev–Trinajstić information content (AvgIpc) is 2.74. The first kappa shape index (κ1) is 9.16. The molecule has 2 aliphatic heterocycles. The first-order valence-electron chi connectivity index (χ1n) is 5.65. The van der Waals surface area contributed by atoms with E-state index >= 15 is 0 Å². The fourth-order valence-electron chi connectivity index (χ4n) is 2.87. The smallest absolute Gasteiger partial charge is 0.128 e. The number of anilines is 1. The summed E-state index contributed by atoms with van der Waals surface area (Å²) in [4.78, 5) is 6.85. The van der Waals surface area contributed by atoms with Gasteiger partial charge in [0.2, 0.25) is 0 Å². The van der Waals surface area contributed by atoms with Crippen LogP contribution in [0.4, 0.5) is 5.82 Å². The molecule has 15 heavy (non-hydrogen) atoms. The highest BCUT2D eigenvalue weighted by Gasteiger charge is 2.46. The van der Waals surface area contributed by atoms with E-state index in [2.05, 4.69) is 34.3 Å². The zero-order chi connectivity index (χ0) is 10.3. The molecule has 2 fully saturated rings. The van der Waals surface area contributed by atoms with Gasteiger partial charge in [0.05, 0.1) is 0 Å². The molecular weight excluding hydrogens is 186 g/mol. The molecule has 0 radical (unpaired) electrons. The molecule has 1 N–H and O–H groups in total. The van der Waals surface area contributed by atoms with Gasteiger partial charge >= 0.3 is 0 Å². The van der Waals surface area contributed by atoms with E-state index in [9.17, 15) is 0 Å². The van der Waals surface area contributed by atoms with Gasteiger partial charge in [-0.2, -0.15) is 0 Å². The van der Waals surface area contributed by atoms with Gasteiger partial charge in [-0.05, 0) is 18.1 Å². The van der Waals surface area contributed by atoms with Gasteiger partial charge in [-0.3, -0.25) is 0 Å². The molecule has 0 aromatic carbocycles. The Morgan fingerprint density at radius 1 is 1.53 bits per heavy atom. The molecule has 3 nitrogen and oxygen atoms in total. The summed E-state index contributed by atoms with van der Waals surface area (Å²) in [6.07, 6.45) is 1.88. The Kier molecular flexibility index (Phi) is 1.96. The summed E-state index contributed by atoms with van der Waals surface area (Å²) in [6.45, 7) is 7.00. The largest absolute Gasteiger partial charge is 0.356 e. The highest BCUT2D eigenvalue weighted by atomic mass is 15.2. The van der Waals surface area contributed by atoms with Gasteiger partial charge in [0.15, 0.2) is 0 Å². The fourth-order valence-corrected chi connectivity index (χ4v) is 2.87. The van der Waals surface area contributed by atoms with Crippen molar-refractivity contribution < 1.29 is 0 Å². The molecule has 3 heteroatoms. The molecular formula is C12H17N3. The maximum Gasteiger partial charge on any atom is 0.128 e. The predicted molar refractivity (Wildman–Crippen MR) is 60.9 cm³/mol. The number of nitrogens with one attached hydrogen (secondary N) is 1. The molecule has 1 aromatic heterocycles. The molecule has 0 unspecified atom stereocenters. The maximum atomic E-state index is 4.42. The topological polar surface area (TPSA) is 28.2 Å². The van der Waals surface area contributed by atoms with E-state index in [0.717, 1.165) is 31.4 Å². The van der Waals surface area contributed by atoms with Crippen molar-refractivity contribution >= 4 is 5.82 Å². The highest BCUT2D eigenvalue weighted by molar-refractivity contribution is 5.40. The van der Waals surface area contributed by atoms with Gasteiger partial charge in [-0.15, -0.1) is 0 Å². The van der Waals surface area contributed by atoms with Crippen molar-refractivity contribution in [3.63, 3.8) is 0 Å². The van der Waals surface area contributed by atoms with Crippen molar-refractivity contribution in [1.29, 1.82) is 0 Å². The summed E-state index contributed by atoms with van der Waals surface area (Å²) in [7, 11) is 0. The van der Waals surface area contributed by atoms with E-state index in [0.29, 0.717) is 5.41 Å². The molecule has 0 saturated carbocycles. The van der Waals surface area contributed by atoms with Crippen molar-refractivity contribution in [2.75, 3.05) is 31.1 Å². The zero-order valence-electron chi connectivity index (χ0n) is 9.11. The third kappa shape index (κ3) is 1.42. The quantitative estimate of drug-likeness (QED) is 0.741. The summed E-state index contributed by atoms with van der Waals surface area (Å²) in [6, 6.07) is 6.15. The first-order valence-corrected chi connectivity index (χ1v) is 5.65. The average molecular weight is 203 g/mol. The number of aromatic nitrogens is 1. The van der Waals surface area contributed by atoms with E-state index in [1.54, 1.807) is 0 Å². The van der Waals surface area contributed by atoms with Crippen LogP contribution in [0.5, 0.6) is 0 Å². The Morgan fingerprint density at radius 3 is 3.20 bits per heavy atom. The van der Waals surface area contributed by atoms with Gasteiger partial charge in [-0.1, -0.05) is 13.0 Å². The van der Waals surface area contributed by atoms with Crippen molar-refractivity contribution in [1.82, 2.24) is 10.3 Å². The molecule has 2 saturated heterocycles. The molecule has 2 aliphatic rings. The number of fused-ring (bicyclic) bond motifs is 1. The molecule has 0 bridgehead atoms. The number of hydrogen-bond donors (Lipinski definition) is 1. The van der Waals surface area contributed by atoms with E-state index in [1.165, 1.54) is 6.54 Å². The third-order valence-corrected chi connectivity index (χ3v) is 3.87. The molecule has 1 aromatic rings. The zero-order valence-corrected chi connectivity index (χ0v) is 9.11. The Balaban J connectivity index is 1.82. The predicted octanol–water partition coefficient (Wildman–Crippen LogP) is 1.13. The third-order valence-electron chi connectivity index (χ3n) is 3.87. The molecule has 3 rings (SSSR count). The van der Waals surface area contributed by atoms with Crippen LogP contribution in [0.2, 0.25) is 0 Å². The van der Waals surface area contributed by atoms with Crippen molar-refractivity contribution in [2.45, 2.75) is 6.92 Å². The number of hydrogen-bond acceptors (Lipinski definition) is 3. The summed E-state index contributed by atoms with van der Waals surface area (Å²) < 4.78 is 0. The van der Waals surface area contributed by atoms with Crippen LogP contribution in [-0.4, -0.2) is 31.2 Å². The van der Waals surface area contributed by atoms with Crippen LogP contribution in [0.15, 0.2) is 24.4 Å². The van der Waals surface area contributed by atoms with Crippen LogP contribution in [0.3, 0.4) is 0 Å². The lowest BCUT2D eigenvalue weighted by molar-refractivity contribution is 0.338. The van der Waals surface area contributed by atoms with E-state index in [4.69, 9.17) is 0 Å². The monoisotopic (exact) mass is 203 g/mol. The van der Waals surface area contributed by atoms with Gasteiger partial charge in [-0.25, -0.2) is 4.98 Å². The molecule has 0 aliphatic carbocycles. The molecule has 3 heterocycles. The van der Waals surface area contributed by atoms with Crippen LogP contribution in [0.1, 0.15) is 6.92 Å². The first-order chi connectivity index (χ1) is 7.28. The van der Waals surface area contributed by atoms with Crippen LogP contribution < -0.4 is 10.2 Å². The molecule has 2 atom stereocenters.